The van der Waals surface area contributed by atoms with Gasteiger partial charge >= 0.3 is 0 Å². The van der Waals surface area contributed by atoms with Gasteiger partial charge in [-0.1, -0.05) is 6.92 Å². The first-order chi connectivity index (χ1) is 5.24. The molecule has 0 saturated carbocycles. The van der Waals surface area contributed by atoms with Crippen LogP contribution in [0.4, 0.5) is 0 Å². The first-order valence-corrected chi connectivity index (χ1v) is 4.10. The first-order valence-electron chi connectivity index (χ1n) is 4.10. The van der Waals surface area contributed by atoms with Crippen LogP contribution in [0.15, 0.2) is 6.07 Å². The molecule has 0 fully saturated rings. The number of hydrogen-bond donors (Lipinski definition) is 2. The molecule has 2 nitrogen and oxygen atoms in total. The number of rotatable bonds is 3. The molecule has 1 aromatic rings. The van der Waals surface area contributed by atoms with Crippen molar-refractivity contribution in [1.82, 2.24) is 10.3 Å². The zero-order valence-electron chi connectivity index (χ0n) is 7.49. The minimum Gasteiger partial charge on any atom is -0.362 e. The smallest absolute Gasteiger partial charge is 0.0223 e. The van der Waals surface area contributed by atoms with Crippen molar-refractivity contribution in [3.8, 4) is 0 Å². The van der Waals surface area contributed by atoms with Crippen LogP contribution in [0.25, 0.3) is 0 Å². The van der Waals surface area contributed by atoms with Crippen molar-refractivity contribution in [2.45, 2.75) is 27.3 Å². The normalized spacial score (nSPS) is 10.5. The molecule has 2 N–H and O–H groups in total. The van der Waals surface area contributed by atoms with Gasteiger partial charge in [0.15, 0.2) is 0 Å². The molecular weight excluding hydrogens is 136 g/mol. The maximum atomic E-state index is 3.30. The van der Waals surface area contributed by atoms with E-state index in [0.717, 1.165) is 13.1 Å². The van der Waals surface area contributed by atoms with Crippen molar-refractivity contribution >= 4 is 0 Å². The summed E-state index contributed by atoms with van der Waals surface area (Å²) in [5.41, 5.74) is 3.91. The number of hydrogen-bond acceptors (Lipinski definition) is 1. The lowest BCUT2D eigenvalue weighted by Gasteiger charge is -1.98. The molecule has 0 aliphatic rings. The average molecular weight is 152 g/mol. The Morgan fingerprint density at radius 3 is 2.64 bits per heavy atom. The lowest BCUT2D eigenvalue weighted by Crippen LogP contribution is -2.11. The van der Waals surface area contributed by atoms with Crippen molar-refractivity contribution < 1.29 is 0 Å². The molecule has 1 heterocycles. The van der Waals surface area contributed by atoms with E-state index in [-0.39, 0.29) is 0 Å². The molecule has 0 aromatic carbocycles. The highest BCUT2D eigenvalue weighted by Crippen LogP contribution is 2.07. The largest absolute Gasteiger partial charge is 0.362 e. The van der Waals surface area contributed by atoms with E-state index in [0.29, 0.717) is 0 Å². The Kier molecular flexibility index (Phi) is 2.71. The molecule has 1 rings (SSSR count). The van der Waals surface area contributed by atoms with Gasteiger partial charge in [-0.2, -0.15) is 0 Å². The van der Waals surface area contributed by atoms with Gasteiger partial charge in [-0.3, -0.25) is 0 Å². The quantitative estimate of drug-likeness (QED) is 0.678. The van der Waals surface area contributed by atoms with Crippen LogP contribution in [0.3, 0.4) is 0 Å². The summed E-state index contributed by atoms with van der Waals surface area (Å²) in [4.78, 5) is 3.28. The van der Waals surface area contributed by atoms with Crippen LogP contribution in [0.1, 0.15) is 23.9 Å². The second-order valence-electron chi connectivity index (χ2n) is 2.88. The Labute approximate surface area is 68.0 Å². The van der Waals surface area contributed by atoms with E-state index in [1.165, 1.54) is 17.0 Å². The number of nitrogens with one attached hydrogen (secondary N) is 2. The molecule has 0 unspecified atom stereocenters. The van der Waals surface area contributed by atoms with Gasteiger partial charge in [-0.15, -0.1) is 0 Å². The predicted octanol–water partition coefficient (Wildman–Crippen LogP) is 1.74. The van der Waals surface area contributed by atoms with E-state index < -0.39 is 0 Å². The van der Waals surface area contributed by atoms with Crippen LogP contribution in [0.2, 0.25) is 0 Å². The second-order valence-corrected chi connectivity index (χ2v) is 2.88. The van der Waals surface area contributed by atoms with Crippen molar-refractivity contribution in [1.29, 1.82) is 0 Å². The van der Waals surface area contributed by atoms with Crippen LogP contribution >= 0.6 is 0 Å². The molecule has 1 aromatic heterocycles. The summed E-state index contributed by atoms with van der Waals surface area (Å²) >= 11 is 0. The van der Waals surface area contributed by atoms with Crippen LogP contribution in [-0.2, 0) is 6.54 Å². The minimum atomic E-state index is 0.979. The highest BCUT2D eigenvalue weighted by atomic mass is 14.8. The number of H-pyrrole nitrogens is 1. The van der Waals surface area contributed by atoms with E-state index in [4.69, 9.17) is 0 Å². The Morgan fingerprint density at radius 2 is 2.18 bits per heavy atom. The SMILES string of the molecule is CCNCc1cc(C)[nH]c1C. The predicted molar refractivity (Wildman–Crippen MR) is 47.6 cm³/mol. The molecule has 0 atom stereocenters. The molecule has 0 aliphatic heterocycles. The van der Waals surface area contributed by atoms with Crippen LogP contribution in [-0.4, -0.2) is 11.5 Å². The van der Waals surface area contributed by atoms with Gasteiger partial charge in [0, 0.05) is 17.9 Å². The average Bonchev–Trinajstić information content (AvgIpc) is 2.26. The topological polar surface area (TPSA) is 27.8 Å². The van der Waals surface area contributed by atoms with Crippen LogP contribution < -0.4 is 5.32 Å². The highest BCUT2D eigenvalue weighted by Gasteiger charge is 1.99. The van der Waals surface area contributed by atoms with E-state index in [1.807, 2.05) is 0 Å². The van der Waals surface area contributed by atoms with Gasteiger partial charge < -0.3 is 10.3 Å². The molecule has 0 spiro atoms. The van der Waals surface area contributed by atoms with Gasteiger partial charge in [-0.25, -0.2) is 0 Å². The third kappa shape index (κ3) is 2.09. The molecule has 11 heavy (non-hydrogen) atoms. The van der Waals surface area contributed by atoms with Gasteiger partial charge in [-0.05, 0) is 32.0 Å². The number of aryl methyl sites for hydroxylation is 2. The van der Waals surface area contributed by atoms with E-state index in [1.54, 1.807) is 0 Å². The standard InChI is InChI=1S/C9H16N2/c1-4-10-6-9-5-7(2)11-8(9)3/h5,10-11H,4,6H2,1-3H3. The Balaban J connectivity index is 2.62. The molecule has 0 amide bonds. The molecular formula is C9H16N2. The zero-order chi connectivity index (χ0) is 8.27. The molecule has 0 aliphatic carbocycles. The fourth-order valence-electron chi connectivity index (χ4n) is 1.22. The molecule has 62 valence electrons. The summed E-state index contributed by atoms with van der Waals surface area (Å²) in [5.74, 6) is 0. The van der Waals surface area contributed by atoms with E-state index in [2.05, 4.69) is 37.1 Å². The van der Waals surface area contributed by atoms with Crippen molar-refractivity contribution in [2.24, 2.45) is 0 Å². The third-order valence-corrected chi connectivity index (χ3v) is 1.82. The van der Waals surface area contributed by atoms with Crippen molar-refractivity contribution in [3.05, 3.63) is 23.0 Å². The summed E-state index contributed by atoms with van der Waals surface area (Å²) in [6.07, 6.45) is 0. The van der Waals surface area contributed by atoms with Crippen molar-refractivity contribution in [2.75, 3.05) is 6.54 Å². The summed E-state index contributed by atoms with van der Waals surface area (Å²) in [5, 5.41) is 3.30. The Morgan fingerprint density at radius 1 is 1.45 bits per heavy atom. The van der Waals surface area contributed by atoms with Gasteiger partial charge in [0.05, 0.1) is 0 Å². The van der Waals surface area contributed by atoms with E-state index >= 15 is 0 Å². The second kappa shape index (κ2) is 3.58. The van der Waals surface area contributed by atoms with Crippen LogP contribution in [0, 0.1) is 13.8 Å². The number of aromatic nitrogens is 1. The van der Waals surface area contributed by atoms with Gasteiger partial charge in [0.2, 0.25) is 0 Å². The maximum Gasteiger partial charge on any atom is 0.0223 e. The fraction of sp³-hybridized carbons (Fsp3) is 0.556. The zero-order valence-corrected chi connectivity index (χ0v) is 7.49. The highest BCUT2D eigenvalue weighted by molar-refractivity contribution is 5.23. The minimum absolute atomic E-state index is 0.979. The first kappa shape index (κ1) is 8.34. The summed E-state index contributed by atoms with van der Waals surface area (Å²) in [6, 6.07) is 2.19. The molecule has 2 heteroatoms. The van der Waals surface area contributed by atoms with Crippen LogP contribution in [0.5, 0.6) is 0 Å². The molecule has 0 saturated heterocycles. The summed E-state index contributed by atoms with van der Waals surface area (Å²) in [7, 11) is 0. The summed E-state index contributed by atoms with van der Waals surface area (Å²) < 4.78 is 0. The molecule has 0 bridgehead atoms. The molecule has 0 radical (unpaired) electrons. The Hall–Kier alpha value is -0.760. The Bertz CT molecular complexity index is 225. The lowest BCUT2D eigenvalue weighted by molar-refractivity contribution is 0.724. The maximum absolute atomic E-state index is 3.30. The van der Waals surface area contributed by atoms with Gasteiger partial charge in [0.1, 0.15) is 0 Å². The van der Waals surface area contributed by atoms with Gasteiger partial charge in [0.25, 0.3) is 0 Å². The van der Waals surface area contributed by atoms with Crippen molar-refractivity contribution in [3.63, 3.8) is 0 Å². The third-order valence-electron chi connectivity index (χ3n) is 1.82. The summed E-state index contributed by atoms with van der Waals surface area (Å²) in [6.45, 7) is 8.33. The lowest BCUT2D eigenvalue weighted by atomic mass is 10.2. The fourth-order valence-corrected chi connectivity index (χ4v) is 1.22. The monoisotopic (exact) mass is 152 g/mol. The van der Waals surface area contributed by atoms with E-state index in [9.17, 15) is 0 Å². The number of aromatic amines is 1.